The van der Waals surface area contributed by atoms with Crippen LogP contribution in [0.15, 0.2) is 42.6 Å². The lowest BCUT2D eigenvalue weighted by atomic mass is 10.2. The van der Waals surface area contributed by atoms with Crippen molar-refractivity contribution in [3.63, 3.8) is 0 Å². The van der Waals surface area contributed by atoms with E-state index in [9.17, 15) is 0 Å². The standard InChI is InChI=1S/C20H22ClN5S/c1-14-3-10-18(22-13-14)19-23-25(12-11-24(2)16-8-9-16)20(27)26(19)17-6-4-15(21)5-7-17/h3-7,10,13,16H,8-9,11-12H2,1-2H3. The van der Waals surface area contributed by atoms with Gasteiger partial charge in [0.1, 0.15) is 5.69 Å². The van der Waals surface area contributed by atoms with E-state index >= 15 is 0 Å². The third-order valence-electron chi connectivity index (χ3n) is 4.90. The molecular formula is C20H22ClN5S. The summed E-state index contributed by atoms with van der Waals surface area (Å²) in [7, 11) is 2.17. The fourth-order valence-electron chi connectivity index (χ4n) is 3.09. The molecular weight excluding hydrogens is 378 g/mol. The number of rotatable bonds is 6. The van der Waals surface area contributed by atoms with Crippen molar-refractivity contribution >= 4 is 23.8 Å². The summed E-state index contributed by atoms with van der Waals surface area (Å²) >= 11 is 11.8. The molecule has 3 aromatic rings. The van der Waals surface area contributed by atoms with Crippen molar-refractivity contribution in [2.45, 2.75) is 32.4 Å². The molecule has 0 N–H and O–H groups in total. The molecule has 0 radical (unpaired) electrons. The lowest BCUT2D eigenvalue weighted by Gasteiger charge is -2.14. The van der Waals surface area contributed by atoms with Crippen LogP contribution >= 0.6 is 23.8 Å². The Morgan fingerprint density at radius 3 is 2.56 bits per heavy atom. The molecule has 0 atom stereocenters. The van der Waals surface area contributed by atoms with Crippen LogP contribution in [0.25, 0.3) is 17.2 Å². The molecule has 27 heavy (non-hydrogen) atoms. The van der Waals surface area contributed by atoms with Crippen LogP contribution in [0, 0.1) is 11.7 Å². The molecule has 1 fully saturated rings. The first-order valence-electron chi connectivity index (χ1n) is 9.12. The number of nitrogens with zero attached hydrogens (tertiary/aromatic N) is 5. The van der Waals surface area contributed by atoms with Crippen molar-refractivity contribution in [3.8, 4) is 17.2 Å². The van der Waals surface area contributed by atoms with Crippen LogP contribution in [0.4, 0.5) is 0 Å². The molecule has 0 amide bonds. The number of benzene rings is 1. The normalized spacial score (nSPS) is 14.1. The second-order valence-corrected chi connectivity index (χ2v) is 7.88. The summed E-state index contributed by atoms with van der Waals surface area (Å²) in [5.41, 5.74) is 2.85. The van der Waals surface area contributed by atoms with E-state index in [0.29, 0.717) is 9.79 Å². The van der Waals surface area contributed by atoms with Crippen molar-refractivity contribution < 1.29 is 0 Å². The Labute approximate surface area is 169 Å². The number of hydrogen-bond acceptors (Lipinski definition) is 4. The highest BCUT2D eigenvalue weighted by Gasteiger charge is 2.26. The van der Waals surface area contributed by atoms with Crippen LogP contribution in [-0.2, 0) is 6.54 Å². The van der Waals surface area contributed by atoms with Crippen LogP contribution in [0.3, 0.4) is 0 Å². The Hall–Kier alpha value is -2.02. The number of pyridine rings is 1. The molecule has 2 heterocycles. The second-order valence-electron chi connectivity index (χ2n) is 7.07. The van der Waals surface area contributed by atoms with E-state index in [-0.39, 0.29) is 0 Å². The molecule has 1 aliphatic carbocycles. The summed E-state index contributed by atoms with van der Waals surface area (Å²) in [6.45, 7) is 3.71. The summed E-state index contributed by atoms with van der Waals surface area (Å²) in [5, 5.41) is 5.51. The lowest BCUT2D eigenvalue weighted by molar-refractivity contribution is 0.302. The first-order chi connectivity index (χ1) is 13.0. The quantitative estimate of drug-likeness (QED) is 0.571. The smallest absolute Gasteiger partial charge is 0.202 e. The molecule has 4 rings (SSSR count). The largest absolute Gasteiger partial charge is 0.302 e. The molecule has 0 spiro atoms. The van der Waals surface area contributed by atoms with Gasteiger partial charge < -0.3 is 4.90 Å². The minimum Gasteiger partial charge on any atom is -0.302 e. The average Bonchev–Trinajstić information content (AvgIpc) is 3.46. The van der Waals surface area contributed by atoms with Gasteiger partial charge in [0.15, 0.2) is 5.82 Å². The second kappa shape index (κ2) is 7.54. The highest BCUT2D eigenvalue weighted by molar-refractivity contribution is 7.71. The Bertz CT molecular complexity index is 987. The van der Waals surface area contributed by atoms with E-state index in [4.69, 9.17) is 28.9 Å². The SMILES string of the molecule is Cc1ccc(-c2nn(CCN(C)C3CC3)c(=S)n2-c2ccc(Cl)cc2)nc1. The monoisotopic (exact) mass is 399 g/mol. The molecule has 0 saturated heterocycles. The van der Waals surface area contributed by atoms with E-state index in [1.54, 1.807) is 0 Å². The molecule has 140 valence electrons. The van der Waals surface area contributed by atoms with Gasteiger partial charge >= 0.3 is 0 Å². The van der Waals surface area contributed by atoms with Crippen molar-refractivity contribution in [2.75, 3.05) is 13.6 Å². The Morgan fingerprint density at radius 1 is 1.19 bits per heavy atom. The van der Waals surface area contributed by atoms with E-state index in [1.165, 1.54) is 12.8 Å². The van der Waals surface area contributed by atoms with Crippen LogP contribution in [0.1, 0.15) is 18.4 Å². The van der Waals surface area contributed by atoms with E-state index in [2.05, 4.69) is 16.9 Å². The summed E-state index contributed by atoms with van der Waals surface area (Å²) in [6, 6.07) is 12.4. The maximum Gasteiger partial charge on any atom is 0.202 e. The summed E-state index contributed by atoms with van der Waals surface area (Å²) in [6.07, 6.45) is 4.43. The van der Waals surface area contributed by atoms with Crippen LogP contribution < -0.4 is 0 Å². The van der Waals surface area contributed by atoms with Crippen molar-refractivity contribution in [1.29, 1.82) is 0 Å². The molecule has 0 aliphatic heterocycles. The molecule has 7 heteroatoms. The maximum atomic E-state index is 6.06. The first-order valence-corrected chi connectivity index (χ1v) is 9.90. The average molecular weight is 400 g/mol. The third-order valence-corrected chi connectivity index (χ3v) is 5.54. The number of halogens is 1. The van der Waals surface area contributed by atoms with Gasteiger partial charge in [-0.2, -0.15) is 0 Å². The minimum atomic E-state index is 0.666. The third kappa shape index (κ3) is 3.98. The Balaban J connectivity index is 1.75. The minimum absolute atomic E-state index is 0.666. The summed E-state index contributed by atoms with van der Waals surface area (Å²) < 4.78 is 4.54. The Morgan fingerprint density at radius 2 is 1.93 bits per heavy atom. The number of aryl methyl sites for hydroxylation is 1. The predicted molar refractivity (Wildman–Crippen MR) is 111 cm³/mol. The van der Waals surface area contributed by atoms with E-state index < -0.39 is 0 Å². The van der Waals surface area contributed by atoms with Gasteiger partial charge in [-0.25, -0.2) is 4.68 Å². The zero-order valence-electron chi connectivity index (χ0n) is 15.5. The molecule has 0 unspecified atom stereocenters. The van der Waals surface area contributed by atoms with Gasteiger partial charge in [-0.15, -0.1) is 5.10 Å². The summed E-state index contributed by atoms with van der Waals surface area (Å²) in [4.78, 5) is 6.94. The van der Waals surface area contributed by atoms with Crippen LogP contribution in [0.5, 0.6) is 0 Å². The molecule has 1 aromatic carbocycles. The number of hydrogen-bond donors (Lipinski definition) is 0. The maximum absolute atomic E-state index is 6.06. The van der Waals surface area contributed by atoms with Crippen LogP contribution in [-0.4, -0.2) is 43.9 Å². The van der Waals surface area contributed by atoms with Gasteiger partial charge in [0.25, 0.3) is 0 Å². The highest BCUT2D eigenvalue weighted by Crippen LogP contribution is 2.26. The Kier molecular flexibility index (Phi) is 5.12. The fraction of sp³-hybridized carbons (Fsp3) is 0.350. The molecule has 5 nitrogen and oxygen atoms in total. The van der Waals surface area contributed by atoms with Gasteiger partial charge in [-0.05, 0) is 74.9 Å². The van der Waals surface area contributed by atoms with Crippen molar-refractivity contribution in [1.82, 2.24) is 24.2 Å². The number of likely N-dealkylation sites (N-methyl/N-ethyl adjacent to an activating group) is 1. The predicted octanol–water partition coefficient (Wildman–Crippen LogP) is 4.52. The molecule has 2 aromatic heterocycles. The van der Waals surface area contributed by atoms with Gasteiger partial charge in [0.2, 0.25) is 4.77 Å². The number of aromatic nitrogens is 4. The lowest BCUT2D eigenvalue weighted by Crippen LogP contribution is -2.25. The zero-order valence-corrected chi connectivity index (χ0v) is 17.0. The fourth-order valence-corrected chi connectivity index (χ4v) is 3.54. The first kappa shape index (κ1) is 18.3. The van der Waals surface area contributed by atoms with Gasteiger partial charge in [-0.1, -0.05) is 17.7 Å². The van der Waals surface area contributed by atoms with Crippen LogP contribution in [0.2, 0.25) is 5.02 Å². The van der Waals surface area contributed by atoms with Crippen molar-refractivity contribution in [3.05, 3.63) is 58.0 Å². The van der Waals surface area contributed by atoms with Gasteiger partial charge in [0, 0.05) is 23.8 Å². The van der Waals surface area contributed by atoms with Crippen molar-refractivity contribution in [2.24, 2.45) is 0 Å². The summed E-state index contributed by atoms with van der Waals surface area (Å²) in [5.74, 6) is 0.747. The van der Waals surface area contributed by atoms with Gasteiger partial charge in [-0.3, -0.25) is 9.55 Å². The molecule has 1 saturated carbocycles. The van der Waals surface area contributed by atoms with Gasteiger partial charge in [0.05, 0.1) is 12.2 Å². The van der Waals surface area contributed by atoms with E-state index in [0.717, 1.165) is 41.9 Å². The highest BCUT2D eigenvalue weighted by atomic mass is 35.5. The van der Waals surface area contributed by atoms with E-state index in [1.807, 2.05) is 58.8 Å². The molecule has 0 bridgehead atoms. The molecule has 1 aliphatic rings. The topological polar surface area (TPSA) is 38.9 Å². The zero-order chi connectivity index (χ0) is 19.0.